The molecule has 2 fully saturated rings. The highest BCUT2D eigenvalue weighted by Gasteiger charge is 2.38. The van der Waals surface area contributed by atoms with E-state index in [1.54, 1.807) is 29.2 Å². The zero-order valence-electron chi connectivity index (χ0n) is 16.6. The average molecular weight is 442 g/mol. The summed E-state index contributed by atoms with van der Waals surface area (Å²) in [6, 6.07) is 6.79. The smallest absolute Gasteiger partial charge is 0.225 e. The Morgan fingerprint density at radius 3 is 2.66 bits per heavy atom. The second-order valence-electron chi connectivity index (χ2n) is 7.71. The third-order valence-corrected chi connectivity index (χ3v) is 7.97. The van der Waals surface area contributed by atoms with Gasteiger partial charge in [0.15, 0.2) is 0 Å². The number of sulfonamides is 1. The van der Waals surface area contributed by atoms with Crippen LogP contribution in [0, 0.1) is 5.92 Å². The van der Waals surface area contributed by atoms with Crippen LogP contribution in [-0.4, -0.2) is 61.7 Å². The van der Waals surface area contributed by atoms with Gasteiger partial charge in [-0.25, -0.2) is 8.42 Å². The molecule has 1 heterocycles. The molecular weight excluding hydrogens is 414 g/mol. The first kappa shape index (κ1) is 22.1. The van der Waals surface area contributed by atoms with Crippen LogP contribution in [0.4, 0.5) is 0 Å². The van der Waals surface area contributed by atoms with E-state index in [0.29, 0.717) is 30.1 Å². The van der Waals surface area contributed by atoms with Crippen molar-refractivity contribution in [2.75, 3.05) is 26.2 Å². The molecule has 0 bridgehead atoms. The van der Waals surface area contributed by atoms with Crippen molar-refractivity contribution in [3.05, 3.63) is 34.9 Å². The maximum Gasteiger partial charge on any atom is 0.225 e. The van der Waals surface area contributed by atoms with Crippen molar-refractivity contribution in [2.24, 2.45) is 5.92 Å². The van der Waals surface area contributed by atoms with E-state index < -0.39 is 10.0 Å². The minimum Gasteiger partial charge on any atom is -0.354 e. The molecule has 1 N–H and O–H groups in total. The summed E-state index contributed by atoms with van der Waals surface area (Å²) in [5.74, 6) is -0.573. The van der Waals surface area contributed by atoms with Crippen molar-refractivity contribution in [1.82, 2.24) is 14.5 Å². The van der Waals surface area contributed by atoms with Crippen molar-refractivity contribution in [1.29, 1.82) is 0 Å². The van der Waals surface area contributed by atoms with Gasteiger partial charge in [0, 0.05) is 44.2 Å². The number of benzene rings is 1. The van der Waals surface area contributed by atoms with Crippen molar-refractivity contribution in [2.45, 2.75) is 44.4 Å². The highest BCUT2D eigenvalue weighted by atomic mass is 35.5. The molecule has 7 nitrogen and oxygen atoms in total. The number of halogens is 1. The molecule has 2 atom stereocenters. The molecule has 0 unspecified atom stereocenters. The molecule has 0 radical (unpaired) electrons. The molecule has 1 aromatic carbocycles. The molecular formula is C20H28ClN3O4S. The first-order chi connectivity index (χ1) is 13.8. The summed E-state index contributed by atoms with van der Waals surface area (Å²) in [4.78, 5) is 26.6. The fourth-order valence-electron chi connectivity index (χ4n) is 4.32. The predicted octanol–water partition coefficient (Wildman–Crippen LogP) is 2.01. The van der Waals surface area contributed by atoms with Crippen LogP contribution in [0.15, 0.2) is 24.3 Å². The lowest BCUT2D eigenvalue weighted by Crippen LogP contribution is -2.46. The van der Waals surface area contributed by atoms with Crippen LogP contribution in [0.25, 0.3) is 0 Å². The third-order valence-electron chi connectivity index (χ3n) is 5.78. The van der Waals surface area contributed by atoms with Crippen LogP contribution < -0.4 is 5.32 Å². The Morgan fingerprint density at radius 2 is 1.93 bits per heavy atom. The standard InChI is InChI=1S/C20H28ClN3O4S/c1-15(25)24-12-5-11-23(13-10-22-20(26)17-7-4-9-19(17)24)29(27,28)14-16-6-2-3-8-18(16)21/h2-3,6,8,17,19H,4-5,7,9-14H2,1H3,(H,22,26)/t17-,19+/m1/s1. The van der Waals surface area contributed by atoms with Gasteiger partial charge >= 0.3 is 0 Å². The second-order valence-corrected chi connectivity index (χ2v) is 10.1. The Bertz CT molecular complexity index is 861. The van der Waals surface area contributed by atoms with Gasteiger partial charge < -0.3 is 10.2 Å². The van der Waals surface area contributed by atoms with Crippen molar-refractivity contribution in [3.63, 3.8) is 0 Å². The van der Waals surface area contributed by atoms with Crippen molar-refractivity contribution < 1.29 is 18.0 Å². The number of hydrogen-bond acceptors (Lipinski definition) is 4. The third kappa shape index (κ3) is 5.29. The fraction of sp³-hybridized carbons (Fsp3) is 0.600. The predicted molar refractivity (Wildman–Crippen MR) is 112 cm³/mol. The summed E-state index contributed by atoms with van der Waals surface area (Å²) in [7, 11) is -3.62. The zero-order chi connectivity index (χ0) is 21.0. The summed E-state index contributed by atoms with van der Waals surface area (Å²) in [5, 5.41) is 3.29. The van der Waals surface area contributed by atoms with Gasteiger partial charge in [0.05, 0.1) is 11.7 Å². The number of amides is 2. The van der Waals surface area contributed by atoms with Crippen LogP contribution in [0.3, 0.4) is 0 Å². The molecule has 0 spiro atoms. The lowest BCUT2D eigenvalue weighted by molar-refractivity contribution is -0.134. The lowest BCUT2D eigenvalue weighted by Gasteiger charge is -2.31. The van der Waals surface area contributed by atoms with Gasteiger partial charge in [0.25, 0.3) is 0 Å². The quantitative estimate of drug-likeness (QED) is 0.777. The molecule has 1 aromatic rings. The van der Waals surface area contributed by atoms with Crippen LogP contribution in [0.2, 0.25) is 5.02 Å². The highest BCUT2D eigenvalue weighted by Crippen LogP contribution is 2.31. The van der Waals surface area contributed by atoms with Crippen LogP contribution in [0.5, 0.6) is 0 Å². The van der Waals surface area contributed by atoms with E-state index >= 15 is 0 Å². The Kier molecular flexibility index (Phi) is 7.19. The molecule has 1 saturated heterocycles. The maximum absolute atomic E-state index is 13.0. The Hall–Kier alpha value is -1.64. The normalized spacial score (nSPS) is 24.5. The zero-order valence-corrected chi connectivity index (χ0v) is 18.2. The first-order valence-electron chi connectivity index (χ1n) is 10.1. The van der Waals surface area contributed by atoms with Gasteiger partial charge in [0.1, 0.15) is 0 Å². The lowest BCUT2D eigenvalue weighted by atomic mass is 10.0. The number of nitrogens with one attached hydrogen (secondary N) is 1. The molecule has 1 saturated carbocycles. The summed E-state index contributed by atoms with van der Waals surface area (Å²) >= 11 is 6.14. The monoisotopic (exact) mass is 441 g/mol. The van der Waals surface area contributed by atoms with Gasteiger partial charge in [-0.1, -0.05) is 36.2 Å². The van der Waals surface area contributed by atoms with Gasteiger partial charge in [-0.05, 0) is 30.9 Å². The number of nitrogens with zero attached hydrogens (tertiary/aromatic N) is 2. The van der Waals surface area contributed by atoms with Gasteiger partial charge in [-0.2, -0.15) is 4.31 Å². The Labute approximate surface area is 177 Å². The van der Waals surface area contributed by atoms with Crippen molar-refractivity contribution >= 4 is 33.4 Å². The van der Waals surface area contributed by atoms with Crippen LogP contribution >= 0.6 is 11.6 Å². The van der Waals surface area contributed by atoms with E-state index in [4.69, 9.17) is 11.6 Å². The number of hydrogen-bond donors (Lipinski definition) is 1. The average Bonchev–Trinajstić information content (AvgIpc) is 3.13. The minimum absolute atomic E-state index is 0.0700. The number of carbonyl (C=O) groups excluding carboxylic acids is 2. The number of rotatable bonds is 3. The molecule has 1 aliphatic heterocycles. The minimum atomic E-state index is -3.62. The second kappa shape index (κ2) is 9.45. The topological polar surface area (TPSA) is 86.8 Å². The van der Waals surface area contributed by atoms with Gasteiger partial charge in [0.2, 0.25) is 21.8 Å². The van der Waals surface area contributed by atoms with E-state index in [-0.39, 0.29) is 42.6 Å². The molecule has 29 heavy (non-hydrogen) atoms. The van der Waals surface area contributed by atoms with Gasteiger partial charge in [-0.3, -0.25) is 9.59 Å². The van der Waals surface area contributed by atoms with E-state index in [1.165, 1.54) is 11.2 Å². The summed E-state index contributed by atoms with van der Waals surface area (Å²) in [6.45, 7) is 2.71. The molecule has 160 valence electrons. The summed E-state index contributed by atoms with van der Waals surface area (Å²) in [6.07, 6.45) is 3.02. The first-order valence-corrected chi connectivity index (χ1v) is 12.0. The van der Waals surface area contributed by atoms with Crippen LogP contribution in [-0.2, 0) is 25.4 Å². The SMILES string of the molecule is CC(=O)N1CCCN(S(=O)(=O)Cc2ccccc2Cl)CCNC(=O)[C@@H]2CCC[C@@H]21. The van der Waals surface area contributed by atoms with E-state index in [9.17, 15) is 18.0 Å². The molecule has 0 aromatic heterocycles. The summed E-state index contributed by atoms with van der Waals surface area (Å²) in [5.41, 5.74) is 0.549. The van der Waals surface area contributed by atoms with Crippen molar-refractivity contribution in [3.8, 4) is 0 Å². The molecule has 2 aliphatic rings. The van der Waals surface area contributed by atoms with E-state index in [2.05, 4.69) is 5.32 Å². The molecule has 2 amide bonds. The highest BCUT2D eigenvalue weighted by molar-refractivity contribution is 7.88. The van der Waals surface area contributed by atoms with Crippen LogP contribution in [0.1, 0.15) is 38.2 Å². The van der Waals surface area contributed by atoms with E-state index in [1.807, 2.05) is 0 Å². The fourth-order valence-corrected chi connectivity index (χ4v) is 6.21. The Balaban J connectivity index is 1.77. The number of carbonyl (C=O) groups is 2. The van der Waals surface area contributed by atoms with E-state index in [0.717, 1.165) is 19.3 Å². The molecule has 3 rings (SSSR count). The Morgan fingerprint density at radius 1 is 1.17 bits per heavy atom. The summed E-state index contributed by atoms with van der Waals surface area (Å²) < 4.78 is 27.4. The number of fused-ring (bicyclic) bond motifs is 1. The largest absolute Gasteiger partial charge is 0.354 e. The van der Waals surface area contributed by atoms with Gasteiger partial charge in [-0.15, -0.1) is 0 Å². The molecule has 1 aliphatic carbocycles. The molecule has 9 heteroatoms. The maximum atomic E-state index is 13.0.